The van der Waals surface area contributed by atoms with E-state index in [1.807, 2.05) is 24.3 Å². The Balaban J connectivity index is 1.46. The molecule has 1 N–H and O–H groups in total. The minimum atomic E-state index is -1.11. The molecular formula is C33H35F2N5O4. The number of ketones is 1. The summed E-state index contributed by atoms with van der Waals surface area (Å²) in [6.45, 7) is 10.5. The zero-order chi connectivity index (χ0) is 31.5. The van der Waals surface area contributed by atoms with Crippen LogP contribution >= 0.6 is 0 Å². The van der Waals surface area contributed by atoms with E-state index in [-0.39, 0.29) is 23.1 Å². The van der Waals surface area contributed by atoms with Gasteiger partial charge in [-0.3, -0.25) is 14.6 Å². The number of benzene rings is 2. The molecule has 5 rings (SSSR count). The molecule has 1 fully saturated rings. The third-order valence-electron chi connectivity index (χ3n) is 8.11. The fourth-order valence-electron chi connectivity index (χ4n) is 5.54. The smallest absolute Gasteiger partial charge is 0.247 e. The molecule has 0 atom stereocenters. The summed E-state index contributed by atoms with van der Waals surface area (Å²) in [6, 6.07) is 10.5. The number of hydrogen-bond acceptors (Lipinski definition) is 7. The second-order valence-electron chi connectivity index (χ2n) is 10.6. The number of anilines is 2. The molecule has 44 heavy (non-hydrogen) atoms. The summed E-state index contributed by atoms with van der Waals surface area (Å²) in [7, 11) is 4.08. The van der Waals surface area contributed by atoms with E-state index in [4.69, 9.17) is 9.47 Å². The number of nitrogens with one attached hydrogen (secondary N) is 1. The van der Waals surface area contributed by atoms with Crippen molar-refractivity contribution in [2.75, 3.05) is 57.2 Å². The summed E-state index contributed by atoms with van der Waals surface area (Å²) >= 11 is 0. The number of amides is 1. The molecule has 0 bridgehead atoms. The van der Waals surface area contributed by atoms with Crippen LogP contribution in [0.15, 0.2) is 55.3 Å². The molecule has 1 aliphatic heterocycles. The van der Waals surface area contributed by atoms with Crippen molar-refractivity contribution in [2.45, 2.75) is 13.3 Å². The van der Waals surface area contributed by atoms with Gasteiger partial charge in [0.15, 0.2) is 23.1 Å². The number of carbonyl (C=O) groups excluding carboxylic acids is 2. The summed E-state index contributed by atoms with van der Waals surface area (Å²) in [5.74, 6) is -4.00. The third-order valence-corrected chi connectivity index (χ3v) is 8.11. The zero-order valence-electron chi connectivity index (χ0n) is 25.2. The van der Waals surface area contributed by atoms with Crippen LogP contribution < -0.4 is 19.7 Å². The Kier molecular flexibility index (Phi) is 8.96. The Morgan fingerprint density at radius 2 is 1.70 bits per heavy atom. The average molecular weight is 604 g/mol. The number of fused-ring (bicyclic) bond motifs is 1. The van der Waals surface area contributed by atoms with E-state index in [2.05, 4.69) is 33.6 Å². The average Bonchev–Trinajstić information content (AvgIpc) is 3.37. The minimum absolute atomic E-state index is 0.0681. The standard InChI is InChI=1S/C33H35F2N5O4/c1-6-29(41)37-24-17-23(40-12-10-39(7-2)11-13-40)9-8-20(24)14-22-15-21-16-25(38(3)26(21)19-36-22)33(42)30-31(34)27(43-4)18-28(44-5)32(30)35/h6,8-9,15-19H,1,7,10-14H2,2-5H3,(H,37,41). The van der Waals surface area contributed by atoms with Gasteiger partial charge in [0.05, 0.1) is 31.6 Å². The van der Waals surface area contributed by atoms with Crippen LogP contribution in [0.1, 0.15) is 34.2 Å². The highest BCUT2D eigenvalue weighted by molar-refractivity contribution is 6.11. The fraction of sp³-hybridized carbons (Fsp3) is 0.303. The second-order valence-corrected chi connectivity index (χ2v) is 10.6. The summed E-state index contributed by atoms with van der Waals surface area (Å²) in [6.07, 6.45) is 3.23. The lowest BCUT2D eigenvalue weighted by Crippen LogP contribution is -2.46. The van der Waals surface area contributed by atoms with Crippen LogP contribution in [0, 0.1) is 11.6 Å². The molecule has 0 saturated carbocycles. The molecule has 2 aromatic heterocycles. The van der Waals surface area contributed by atoms with Gasteiger partial charge in [0.1, 0.15) is 5.56 Å². The van der Waals surface area contributed by atoms with E-state index < -0.39 is 23.0 Å². The van der Waals surface area contributed by atoms with Crippen LogP contribution in [0.4, 0.5) is 20.2 Å². The lowest BCUT2D eigenvalue weighted by molar-refractivity contribution is -0.111. The highest BCUT2D eigenvalue weighted by Gasteiger charge is 2.28. The van der Waals surface area contributed by atoms with E-state index in [1.165, 1.54) is 20.3 Å². The molecule has 0 radical (unpaired) electrons. The number of aromatic nitrogens is 2. The van der Waals surface area contributed by atoms with Gasteiger partial charge >= 0.3 is 0 Å². The summed E-state index contributed by atoms with van der Waals surface area (Å²) < 4.78 is 41.8. The van der Waals surface area contributed by atoms with Gasteiger partial charge in [-0.2, -0.15) is 0 Å². The van der Waals surface area contributed by atoms with Crippen LogP contribution in [0.25, 0.3) is 10.9 Å². The number of rotatable bonds is 10. The molecule has 0 aliphatic carbocycles. The van der Waals surface area contributed by atoms with Crippen LogP contribution in [0.5, 0.6) is 11.5 Å². The van der Waals surface area contributed by atoms with E-state index in [1.54, 1.807) is 23.9 Å². The topological polar surface area (TPSA) is 88.9 Å². The Labute approximate surface area is 254 Å². The van der Waals surface area contributed by atoms with Crippen LogP contribution in [0.3, 0.4) is 0 Å². The van der Waals surface area contributed by atoms with Gasteiger partial charge in [0.25, 0.3) is 0 Å². The number of hydrogen-bond donors (Lipinski definition) is 1. The zero-order valence-corrected chi connectivity index (χ0v) is 25.2. The first-order valence-electron chi connectivity index (χ1n) is 14.3. The molecule has 230 valence electrons. The lowest BCUT2D eigenvalue weighted by atomic mass is 10.0. The quantitative estimate of drug-likeness (QED) is 0.203. The molecule has 9 nitrogen and oxygen atoms in total. The molecule has 2 aromatic carbocycles. The summed E-state index contributed by atoms with van der Waals surface area (Å²) in [5.41, 5.74) is 3.12. The molecule has 1 amide bonds. The highest BCUT2D eigenvalue weighted by Crippen LogP contribution is 2.34. The fourth-order valence-corrected chi connectivity index (χ4v) is 5.54. The molecule has 11 heteroatoms. The van der Waals surface area contributed by atoms with Crippen LogP contribution in [0.2, 0.25) is 0 Å². The van der Waals surface area contributed by atoms with Gasteiger partial charge in [0, 0.05) is 68.2 Å². The SMILES string of the molecule is C=CC(=O)Nc1cc(N2CCN(CC)CC2)ccc1Cc1cc2cc(C(=O)c3c(F)c(OC)cc(OC)c3F)n(C)c2cn1. The molecule has 0 spiro atoms. The largest absolute Gasteiger partial charge is 0.494 e. The van der Waals surface area contributed by atoms with Crippen molar-refractivity contribution in [1.29, 1.82) is 0 Å². The second kappa shape index (κ2) is 12.8. The van der Waals surface area contributed by atoms with Crippen molar-refractivity contribution in [1.82, 2.24) is 14.5 Å². The maximum absolute atomic E-state index is 15.1. The monoisotopic (exact) mass is 603 g/mol. The lowest BCUT2D eigenvalue weighted by Gasteiger charge is -2.35. The highest BCUT2D eigenvalue weighted by atomic mass is 19.1. The van der Waals surface area contributed by atoms with E-state index in [9.17, 15) is 9.59 Å². The first kappa shape index (κ1) is 30.7. The van der Waals surface area contributed by atoms with Crippen molar-refractivity contribution in [3.8, 4) is 11.5 Å². The molecule has 1 aliphatic rings. The first-order valence-corrected chi connectivity index (χ1v) is 14.3. The molecule has 1 saturated heterocycles. The number of methoxy groups -OCH3 is 2. The number of aryl methyl sites for hydroxylation is 1. The Hall–Kier alpha value is -4.77. The summed E-state index contributed by atoms with van der Waals surface area (Å²) in [5, 5.41) is 3.60. The number of carbonyl (C=O) groups is 2. The number of halogens is 2. The van der Waals surface area contributed by atoms with E-state index >= 15 is 8.78 Å². The van der Waals surface area contributed by atoms with Gasteiger partial charge in [-0.15, -0.1) is 0 Å². The number of ether oxygens (including phenoxy) is 2. The number of likely N-dealkylation sites (N-methyl/N-ethyl adjacent to an activating group) is 1. The van der Waals surface area contributed by atoms with Crippen LogP contribution in [-0.4, -0.2) is 73.1 Å². The Morgan fingerprint density at radius 3 is 2.32 bits per heavy atom. The van der Waals surface area contributed by atoms with Crippen molar-refractivity contribution >= 4 is 34.0 Å². The minimum Gasteiger partial charge on any atom is -0.494 e. The van der Waals surface area contributed by atoms with Gasteiger partial charge in [-0.05, 0) is 42.4 Å². The molecule has 4 aromatic rings. The van der Waals surface area contributed by atoms with Crippen molar-refractivity contribution in [3.63, 3.8) is 0 Å². The van der Waals surface area contributed by atoms with Gasteiger partial charge in [0.2, 0.25) is 11.7 Å². The Bertz CT molecular complexity index is 1720. The molecule has 3 heterocycles. The number of piperazine rings is 1. The van der Waals surface area contributed by atoms with Crippen LogP contribution in [-0.2, 0) is 18.3 Å². The van der Waals surface area contributed by atoms with Crippen molar-refractivity contribution in [2.24, 2.45) is 7.05 Å². The first-order chi connectivity index (χ1) is 21.2. The van der Waals surface area contributed by atoms with Gasteiger partial charge in [-0.1, -0.05) is 19.6 Å². The summed E-state index contributed by atoms with van der Waals surface area (Å²) in [4.78, 5) is 35.1. The number of nitrogens with zero attached hydrogens (tertiary/aromatic N) is 4. The maximum Gasteiger partial charge on any atom is 0.247 e. The maximum atomic E-state index is 15.1. The molecule has 0 unspecified atom stereocenters. The number of pyridine rings is 1. The van der Waals surface area contributed by atoms with Crippen molar-refractivity contribution in [3.05, 3.63) is 89.4 Å². The normalized spacial score (nSPS) is 13.6. The van der Waals surface area contributed by atoms with E-state index in [0.29, 0.717) is 28.7 Å². The van der Waals surface area contributed by atoms with Crippen molar-refractivity contribution < 1.29 is 27.8 Å². The van der Waals surface area contributed by atoms with Gasteiger partial charge in [-0.25, -0.2) is 8.78 Å². The molecular weight excluding hydrogens is 568 g/mol. The predicted molar refractivity (Wildman–Crippen MR) is 166 cm³/mol. The van der Waals surface area contributed by atoms with E-state index in [0.717, 1.165) is 50.0 Å². The Morgan fingerprint density at radius 1 is 1.02 bits per heavy atom. The van der Waals surface area contributed by atoms with Gasteiger partial charge < -0.3 is 29.2 Å². The predicted octanol–water partition coefficient (Wildman–Crippen LogP) is 4.96. The third kappa shape index (κ3) is 5.87.